The molecule has 0 amide bonds. The maximum absolute atomic E-state index is 12.4. The number of carbonyl (C=O) groups is 1. The third kappa shape index (κ3) is 5.68. The monoisotopic (exact) mass is 340 g/mol. The van der Waals surface area contributed by atoms with Crippen LogP contribution in [0.3, 0.4) is 0 Å². The summed E-state index contributed by atoms with van der Waals surface area (Å²) in [5, 5.41) is 0. The lowest BCUT2D eigenvalue weighted by Crippen LogP contribution is -1.99. The highest BCUT2D eigenvalue weighted by Gasteiger charge is 2.05. The number of unbranched alkanes of at least 4 members (excludes halogenated alkanes) is 1. The summed E-state index contributed by atoms with van der Waals surface area (Å²) in [6.07, 6.45) is 5.36. The average Bonchev–Trinajstić information content (AvgIpc) is 2.66. The van der Waals surface area contributed by atoms with Crippen molar-refractivity contribution < 1.29 is 19.0 Å². The van der Waals surface area contributed by atoms with E-state index >= 15 is 0 Å². The Bertz CT molecular complexity index is 712. The highest BCUT2D eigenvalue weighted by molar-refractivity contribution is 6.07. The van der Waals surface area contributed by atoms with Gasteiger partial charge in [0, 0.05) is 11.6 Å². The molecule has 25 heavy (non-hydrogen) atoms. The molecule has 0 saturated carbocycles. The topological polar surface area (TPSA) is 44.8 Å². The van der Waals surface area contributed by atoms with Crippen LogP contribution in [0.4, 0.5) is 0 Å². The van der Waals surface area contributed by atoms with Crippen LogP contribution in [0.5, 0.6) is 17.2 Å². The molecule has 0 fully saturated rings. The minimum atomic E-state index is -0.0808. The lowest BCUT2D eigenvalue weighted by atomic mass is 10.1. The second kappa shape index (κ2) is 9.52. The second-order valence-electron chi connectivity index (χ2n) is 5.57. The number of carbonyl (C=O) groups excluding carboxylic acids is 1. The van der Waals surface area contributed by atoms with E-state index in [1.165, 1.54) is 0 Å². The minimum Gasteiger partial charge on any atom is -0.497 e. The molecule has 0 aliphatic heterocycles. The molecule has 0 N–H and O–H groups in total. The molecule has 4 nitrogen and oxygen atoms in total. The molecule has 2 rings (SSSR count). The Morgan fingerprint density at radius 2 is 1.72 bits per heavy atom. The number of hydrogen-bond donors (Lipinski definition) is 0. The molecular weight excluding hydrogens is 316 g/mol. The summed E-state index contributed by atoms with van der Waals surface area (Å²) in [6.45, 7) is 2.77. The molecule has 4 heteroatoms. The van der Waals surface area contributed by atoms with Gasteiger partial charge >= 0.3 is 0 Å². The molecule has 132 valence electrons. The number of ether oxygens (including phenoxy) is 3. The Balaban J connectivity index is 2.11. The van der Waals surface area contributed by atoms with Gasteiger partial charge in [0.05, 0.1) is 20.8 Å². The third-order valence-corrected chi connectivity index (χ3v) is 3.69. The van der Waals surface area contributed by atoms with E-state index < -0.39 is 0 Å². The summed E-state index contributed by atoms with van der Waals surface area (Å²) < 4.78 is 16.1. The van der Waals surface area contributed by atoms with Crippen molar-refractivity contribution in [3.8, 4) is 17.2 Å². The molecule has 2 aromatic carbocycles. The van der Waals surface area contributed by atoms with Gasteiger partial charge < -0.3 is 14.2 Å². The van der Waals surface area contributed by atoms with E-state index in [1.807, 2.05) is 24.3 Å². The highest BCUT2D eigenvalue weighted by atomic mass is 16.5. The van der Waals surface area contributed by atoms with Crippen LogP contribution < -0.4 is 14.2 Å². The van der Waals surface area contributed by atoms with Gasteiger partial charge in [-0.2, -0.15) is 0 Å². The number of benzene rings is 2. The maximum atomic E-state index is 12.4. The Labute approximate surface area is 149 Å². The average molecular weight is 340 g/mol. The lowest BCUT2D eigenvalue weighted by molar-refractivity contribution is 0.104. The summed E-state index contributed by atoms with van der Waals surface area (Å²) in [4.78, 5) is 12.4. The van der Waals surface area contributed by atoms with E-state index in [9.17, 15) is 4.79 Å². The first-order chi connectivity index (χ1) is 12.2. The first-order valence-corrected chi connectivity index (χ1v) is 8.34. The van der Waals surface area contributed by atoms with Crippen molar-refractivity contribution >= 4 is 11.9 Å². The van der Waals surface area contributed by atoms with Crippen molar-refractivity contribution in [1.29, 1.82) is 0 Å². The fourth-order valence-electron chi connectivity index (χ4n) is 2.27. The van der Waals surface area contributed by atoms with Gasteiger partial charge in [-0.1, -0.05) is 31.6 Å². The number of rotatable bonds is 9. The van der Waals surface area contributed by atoms with Crippen LogP contribution in [0.1, 0.15) is 35.7 Å². The van der Waals surface area contributed by atoms with E-state index in [1.54, 1.807) is 44.6 Å². The quantitative estimate of drug-likeness (QED) is 0.374. The van der Waals surface area contributed by atoms with E-state index in [4.69, 9.17) is 14.2 Å². The van der Waals surface area contributed by atoms with Crippen LogP contribution in [-0.4, -0.2) is 26.6 Å². The van der Waals surface area contributed by atoms with Gasteiger partial charge in [0.25, 0.3) is 0 Å². The number of ketones is 1. The van der Waals surface area contributed by atoms with Crippen molar-refractivity contribution in [2.24, 2.45) is 0 Å². The van der Waals surface area contributed by atoms with Gasteiger partial charge in [-0.25, -0.2) is 0 Å². The van der Waals surface area contributed by atoms with E-state index in [0.717, 1.165) is 24.2 Å². The zero-order valence-electron chi connectivity index (χ0n) is 15.0. The van der Waals surface area contributed by atoms with Gasteiger partial charge in [-0.3, -0.25) is 4.79 Å². The molecule has 0 aromatic heterocycles. The second-order valence-corrected chi connectivity index (χ2v) is 5.57. The molecule has 0 unspecified atom stereocenters. The molecule has 0 bridgehead atoms. The van der Waals surface area contributed by atoms with E-state index in [-0.39, 0.29) is 5.78 Å². The Morgan fingerprint density at radius 3 is 2.36 bits per heavy atom. The first-order valence-electron chi connectivity index (χ1n) is 8.34. The zero-order valence-corrected chi connectivity index (χ0v) is 15.0. The maximum Gasteiger partial charge on any atom is 0.185 e. The molecule has 0 radical (unpaired) electrons. The van der Waals surface area contributed by atoms with E-state index in [2.05, 4.69) is 6.92 Å². The van der Waals surface area contributed by atoms with Gasteiger partial charge in [0.15, 0.2) is 5.78 Å². The number of allylic oxidation sites excluding steroid dienone is 1. The SMILES string of the molecule is CCCCOc1cccc(C(=O)/C=C/c2cc(OC)cc(OC)c2)c1. The van der Waals surface area contributed by atoms with Gasteiger partial charge in [0.2, 0.25) is 0 Å². The normalized spacial score (nSPS) is 10.7. The van der Waals surface area contributed by atoms with Crippen LogP contribution in [0.25, 0.3) is 6.08 Å². The van der Waals surface area contributed by atoms with Crippen molar-refractivity contribution in [3.63, 3.8) is 0 Å². The molecule has 0 aliphatic carbocycles. The molecule has 2 aromatic rings. The van der Waals surface area contributed by atoms with Gasteiger partial charge in [0.1, 0.15) is 17.2 Å². The number of hydrogen-bond acceptors (Lipinski definition) is 4. The zero-order chi connectivity index (χ0) is 18.1. The molecule has 0 spiro atoms. The van der Waals surface area contributed by atoms with Crippen LogP contribution in [0.2, 0.25) is 0 Å². The first kappa shape index (κ1) is 18.6. The summed E-state index contributed by atoms with van der Waals surface area (Å²) in [6, 6.07) is 12.7. The Hall–Kier alpha value is -2.75. The van der Waals surface area contributed by atoms with Crippen molar-refractivity contribution in [1.82, 2.24) is 0 Å². The van der Waals surface area contributed by atoms with Crippen molar-refractivity contribution in [2.75, 3.05) is 20.8 Å². The van der Waals surface area contributed by atoms with Gasteiger partial charge in [-0.05, 0) is 42.3 Å². The van der Waals surface area contributed by atoms with Gasteiger partial charge in [-0.15, -0.1) is 0 Å². The minimum absolute atomic E-state index is 0.0808. The van der Waals surface area contributed by atoms with Crippen molar-refractivity contribution in [2.45, 2.75) is 19.8 Å². The standard InChI is InChI=1S/C21H24O4/c1-4-5-11-25-18-8-6-7-17(14-18)21(22)10-9-16-12-19(23-2)15-20(13-16)24-3/h6-10,12-15H,4-5,11H2,1-3H3/b10-9+. The molecule has 0 atom stereocenters. The lowest BCUT2D eigenvalue weighted by Gasteiger charge is -2.06. The van der Waals surface area contributed by atoms with Crippen molar-refractivity contribution in [3.05, 3.63) is 59.7 Å². The van der Waals surface area contributed by atoms with E-state index in [0.29, 0.717) is 23.7 Å². The summed E-state index contributed by atoms with van der Waals surface area (Å²) in [7, 11) is 3.19. The predicted octanol–water partition coefficient (Wildman–Crippen LogP) is 4.78. The van der Waals surface area contributed by atoms with Crippen LogP contribution in [-0.2, 0) is 0 Å². The third-order valence-electron chi connectivity index (χ3n) is 3.69. The molecule has 0 saturated heterocycles. The Kier molecular flexibility index (Phi) is 7.08. The predicted molar refractivity (Wildman–Crippen MR) is 99.8 cm³/mol. The van der Waals surface area contributed by atoms with Crippen LogP contribution in [0.15, 0.2) is 48.5 Å². The fourth-order valence-corrected chi connectivity index (χ4v) is 2.27. The summed E-state index contributed by atoms with van der Waals surface area (Å²) in [5.41, 5.74) is 1.43. The fraction of sp³-hybridized carbons (Fsp3) is 0.286. The largest absolute Gasteiger partial charge is 0.497 e. The Morgan fingerprint density at radius 1 is 1.00 bits per heavy atom. The summed E-state index contributed by atoms with van der Waals surface area (Å²) in [5.74, 6) is 1.99. The highest BCUT2D eigenvalue weighted by Crippen LogP contribution is 2.23. The van der Waals surface area contributed by atoms with Crippen LogP contribution >= 0.6 is 0 Å². The van der Waals surface area contributed by atoms with Crippen LogP contribution in [0, 0.1) is 0 Å². The molecule has 0 heterocycles. The smallest absolute Gasteiger partial charge is 0.185 e. The molecular formula is C21H24O4. The summed E-state index contributed by atoms with van der Waals surface area (Å²) >= 11 is 0. The molecule has 0 aliphatic rings. The number of methoxy groups -OCH3 is 2.